The molecule has 19 aromatic rings. The first-order valence-corrected chi connectivity index (χ1v) is 32.5. The number of rotatable bonds is 8. The van der Waals surface area contributed by atoms with Gasteiger partial charge in [-0.3, -0.25) is 0 Å². The van der Waals surface area contributed by atoms with Crippen LogP contribution in [0.5, 0.6) is 0 Å². The first kappa shape index (κ1) is 57.6. The highest BCUT2D eigenvalue weighted by Crippen LogP contribution is 2.56. The Labute approximate surface area is 560 Å². The molecule has 0 saturated carbocycles. The van der Waals surface area contributed by atoms with Crippen molar-refractivity contribution in [3.8, 4) is 67.9 Å². The minimum absolute atomic E-state index is 0.176. The highest BCUT2D eigenvalue weighted by Gasteiger charge is 2.38. The Balaban J connectivity index is 1.13. The number of alkyl halides is 6. The lowest BCUT2D eigenvalue weighted by Crippen LogP contribution is -2.13. The molecule has 0 radical (unpaired) electrons. The molecule has 12 heteroatoms. The van der Waals surface area contributed by atoms with Gasteiger partial charge in [0.2, 0.25) is 0 Å². The van der Waals surface area contributed by atoms with E-state index in [-0.39, 0.29) is 5.56 Å². The zero-order valence-electron chi connectivity index (χ0n) is 52.3. The molecule has 99 heavy (non-hydrogen) atoms. The van der Waals surface area contributed by atoms with Gasteiger partial charge in [0.15, 0.2) is 0 Å². The summed E-state index contributed by atoms with van der Waals surface area (Å²) in [4.78, 5) is 0. The van der Waals surface area contributed by atoms with E-state index < -0.39 is 23.5 Å². The molecule has 5 aromatic heterocycles. The van der Waals surface area contributed by atoms with Crippen molar-refractivity contribution in [2.75, 3.05) is 0 Å². The molecule has 0 aliphatic rings. The third kappa shape index (κ3) is 8.44. The summed E-state index contributed by atoms with van der Waals surface area (Å²) >= 11 is 0. The lowest BCUT2D eigenvalue weighted by atomic mass is 9.82. The number of para-hydroxylation sites is 11. The van der Waals surface area contributed by atoms with Crippen molar-refractivity contribution in [3.63, 3.8) is 0 Å². The summed E-state index contributed by atoms with van der Waals surface area (Å²) < 4.78 is 104. The normalized spacial score (nSPS) is 12.3. The van der Waals surface area contributed by atoms with Gasteiger partial charge in [-0.05, 0) is 103 Å². The Kier molecular flexibility index (Phi) is 12.6. The van der Waals surface area contributed by atoms with E-state index in [1.165, 1.54) is 24.3 Å². The van der Waals surface area contributed by atoms with Crippen molar-refractivity contribution >= 4 is 109 Å². The van der Waals surface area contributed by atoms with Crippen LogP contribution in [0.3, 0.4) is 0 Å². The van der Waals surface area contributed by atoms with Crippen LogP contribution >= 0.6 is 0 Å². The molecule has 0 amide bonds. The van der Waals surface area contributed by atoms with Crippen LogP contribution in [-0.2, 0) is 12.4 Å². The molecule has 0 N–H and O–H groups in total. The molecule has 5 heterocycles. The Morgan fingerprint density at radius 3 is 0.727 bits per heavy atom. The third-order valence-electron chi connectivity index (χ3n) is 20.0. The Hall–Kier alpha value is -12.9. The minimum atomic E-state index is -4.73. The number of fused-ring (bicyclic) bond motifs is 15. The summed E-state index contributed by atoms with van der Waals surface area (Å²) in [6.07, 6.45) is -9.46. The van der Waals surface area contributed by atoms with Crippen LogP contribution in [0.15, 0.2) is 303 Å². The van der Waals surface area contributed by atoms with E-state index in [1.807, 2.05) is 179 Å². The first-order chi connectivity index (χ1) is 48.4. The topological polar surface area (TPSA) is 48.4 Å². The van der Waals surface area contributed by atoms with Gasteiger partial charge in [-0.15, -0.1) is 0 Å². The number of hydrogen-bond acceptors (Lipinski definition) is 1. The van der Waals surface area contributed by atoms with E-state index in [0.29, 0.717) is 105 Å². The van der Waals surface area contributed by atoms with Crippen LogP contribution in [0.4, 0.5) is 26.3 Å². The second kappa shape index (κ2) is 21.6. The van der Waals surface area contributed by atoms with E-state index in [9.17, 15) is 5.26 Å². The largest absolute Gasteiger partial charge is 0.416 e. The minimum Gasteiger partial charge on any atom is -0.309 e. The molecule has 0 aliphatic carbocycles. The maximum atomic E-state index is 15.5. The SMILES string of the molecule is N#Cc1c(-c2ccccc2-n2c3ccccc3c3ccccc32)c(-n2c3ccccc3c3cc(C(F)(F)F)ccc32)c(-c2ccccc2-n2c3ccccc3c3ccccc32)c(-n2c3ccccc3c3cc(C(F)(F)F)ccc32)c1-c1ccccc1-n1c2ccccc2c2ccccc21. The summed E-state index contributed by atoms with van der Waals surface area (Å²) in [5, 5.41) is 20.9. The van der Waals surface area contributed by atoms with Crippen molar-refractivity contribution in [3.05, 3.63) is 320 Å². The first-order valence-electron chi connectivity index (χ1n) is 32.5. The highest BCUT2D eigenvalue weighted by molar-refractivity contribution is 6.19. The van der Waals surface area contributed by atoms with Gasteiger partial charge in [0, 0.05) is 87.2 Å². The number of nitrogens with zero attached hydrogens (tertiary/aromatic N) is 6. The molecule has 19 rings (SSSR count). The molecular formula is C87H50F6N6. The average molecular weight is 1290 g/mol. The molecule has 0 spiro atoms. The van der Waals surface area contributed by atoms with Crippen LogP contribution in [0.1, 0.15) is 16.7 Å². The van der Waals surface area contributed by atoms with Crippen molar-refractivity contribution < 1.29 is 26.3 Å². The predicted octanol–water partition coefficient (Wildman–Crippen LogP) is 24.1. The summed E-state index contributed by atoms with van der Waals surface area (Å²) in [5.74, 6) is 0. The lowest BCUT2D eigenvalue weighted by Gasteiger charge is -2.30. The second-order valence-electron chi connectivity index (χ2n) is 25.1. The van der Waals surface area contributed by atoms with E-state index in [1.54, 1.807) is 0 Å². The number of halogens is 6. The highest BCUT2D eigenvalue weighted by atomic mass is 19.4. The third-order valence-corrected chi connectivity index (χ3v) is 20.0. The monoisotopic (exact) mass is 1290 g/mol. The zero-order chi connectivity index (χ0) is 66.6. The molecule has 0 unspecified atom stereocenters. The van der Waals surface area contributed by atoms with Crippen molar-refractivity contribution in [1.82, 2.24) is 22.8 Å². The molecule has 0 atom stereocenters. The number of aromatic nitrogens is 5. The summed E-state index contributed by atoms with van der Waals surface area (Å²) in [6, 6.07) is 98.8. The fourth-order valence-corrected chi connectivity index (χ4v) is 16.0. The molecule has 0 aliphatic heterocycles. The Bertz CT molecular complexity index is 6200. The van der Waals surface area contributed by atoms with E-state index >= 15 is 26.3 Å². The van der Waals surface area contributed by atoms with Crippen LogP contribution < -0.4 is 0 Å². The smallest absolute Gasteiger partial charge is 0.309 e. The lowest BCUT2D eigenvalue weighted by molar-refractivity contribution is -0.138. The van der Waals surface area contributed by atoms with Gasteiger partial charge in [0.1, 0.15) is 6.07 Å². The van der Waals surface area contributed by atoms with Gasteiger partial charge < -0.3 is 22.8 Å². The van der Waals surface area contributed by atoms with Crippen LogP contribution in [0.2, 0.25) is 0 Å². The van der Waals surface area contributed by atoms with Gasteiger partial charge >= 0.3 is 12.4 Å². The molecule has 470 valence electrons. The van der Waals surface area contributed by atoms with Crippen LogP contribution in [0, 0.1) is 11.3 Å². The molecular weight excluding hydrogens is 1240 g/mol. The summed E-state index contributed by atoms with van der Waals surface area (Å²) in [6.45, 7) is 0. The standard InChI is InChI=1S/C87H50F6N6/c88-86(89,90)52-45-47-79-65(49-52)60-29-7-18-40-74(60)98(79)84-81(62-31-9-20-42-76(62)95-68-34-12-1-23-54(68)55-24-2-13-35-69(55)95)67(51-94)82(63-32-10-21-43-77(63)96-70-36-14-3-25-56(70)57-26-4-15-37-71(57)96)85(99-75-41-19-8-30-61(75)66-50-53(87(91,92)93)46-48-80(66)99)83(84)64-33-11-22-44-78(64)97-72-38-16-5-27-58(72)59-28-6-17-39-73(59)97/h1-50H. The Morgan fingerprint density at radius 1 is 0.232 bits per heavy atom. The second-order valence-corrected chi connectivity index (χ2v) is 25.1. The maximum Gasteiger partial charge on any atom is 0.416 e. The average Bonchev–Trinajstić information content (AvgIpc) is 1.65. The van der Waals surface area contributed by atoms with E-state index in [0.717, 1.165) is 77.6 Å². The van der Waals surface area contributed by atoms with Gasteiger partial charge in [0.25, 0.3) is 0 Å². The van der Waals surface area contributed by atoms with Crippen molar-refractivity contribution in [2.45, 2.75) is 12.4 Å². The number of nitriles is 1. The predicted molar refractivity (Wildman–Crippen MR) is 389 cm³/mol. The molecule has 0 saturated heterocycles. The van der Waals surface area contributed by atoms with Crippen molar-refractivity contribution in [1.29, 1.82) is 5.26 Å². The quantitative estimate of drug-likeness (QED) is 0.140. The fraction of sp³-hybridized carbons (Fsp3) is 0.0230. The molecule has 0 bridgehead atoms. The fourth-order valence-electron chi connectivity index (χ4n) is 16.0. The van der Waals surface area contributed by atoms with Gasteiger partial charge in [-0.2, -0.15) is 31.6 Å². The number of benzene rings is 14. The van der Waals surface area contributed by atoms with Gasteiger partial charge in [0.05, 0.1) is 100 Å². The number of hydrogen-bond donors (Lipinski definition) is 0. The van der Waals surface area contributed by atoms with Gasteiger partial charge in [-0.1, -0.05) is 200 Å². The Morgan fingerprint density at radius 2 is 0.455 bits per heavy atom. The van der Waals surface area contributed by atoms with E-state index in [4.69, 9.17) is 0 Å². The maximum absolute atomic E-state index is 15.5. The molecule has 0 fully saturated rings. The molecule has 6 nitrogen and oxygen atoms in total. The van der Waals surface area contributed by atoms with Crippen LogP contribution in [-0.4, -0.2) is 22.8 Å². The summed E-state index contributed by atoms with van der Waals surface area (Å²) in [5.41, 5.74) is 11.8. The molecule has 14 aromatic carbocycles. The van der Waals surface area contributed by atoms with Crippen molar-refractivity contribution in [2.24, 2.45) is 0 Å². The summed E-state index contributed by atoms with van der Waals surface area (Å²) in [7, 11) is 0. The zero-order valence-corrected chi connectivity index (χ0v) is 52.3. The van der Waals surface area contributed by atoms with E-state index in [2.05, 4.69) is 117 Å². The van der Waals surface area contributed by atoms with Gasteiger partial charge in [-0.25, -0.2) is 0 Å². The van der Waals surface area contributed by atoms with Crippen LogP contribution in [0.25, 0.3) is 171 Å².